The summed E-state index contributed by atoms with van der Waals surface area (Å²) in [5.41, 5.74) is 9.52. The highest BCUT2D eigenvalue weighted by molar-refractivity contribution is 5.87. The molecule has 0 unspecified atom stereocenters. The SMILES string of the molecule is C[C@H](N)c1ccc(-c2ccc3ccccc3c2)cc1. The Hall–Kier alpha value is -2.12. The lowest BCUT2D eigenvalue weighted by Crippen LogP contribution is -2.04. The van der Waals surface area contributed by atoms with Crippen LogP contribution in [0, 0.1) is 0 Å². The first kappa shape index (κ1) is 11.9. The van der Waals surface area contributed by atoms with Gasteiger partial charge in [-0.3, -0.25) is 0 Å². The molecule has 0 bridgehead atoms. The quantitative estimate of drug-likeness (QED) is 0.707. The molecular weight excluding hydrogens is 230 g/mol. The van der Waals surface area contributed by atoms with Gasteiger partial charge in [0.05, 0.1) is 0 Å². The predicted molar refractivity (Wildman–Crippen MR) is 82.0 cm³/mol. The van der Waals surface area contributed by atoms with Crippen LogP contribution >= 0.6 is 0 Å². The van der Waals surface area contributed by atoms with E-state index in [1.54, 1.807) is 0 Å². The van der Waals surface area contributed by atoms with E-state index >= 15 is 0 Å². The Morgan fingerprint density at radius 2 is 1.37 bits per heavy atom. The zero-order chi connectivity index (χ0) is 13.2. The minimum Gasteiger partial charge on any atom is -0.324 e. The van der Waals surface area contributed by atoms with E-state index in [4.69, 9.17) is 5.73 Å². The van der Waals surface area contributed by atoms with E-state index in [1.807, 2.05) is 6.92 Å². The summed E-state index contributed by atoms with van der Waals surface area (Å²) < 4.78 is 0. The summed E-state index contributed by atoms with van der Waals surface area (Å²) in [4.78, 5) is 0. The van der Waals surface area contributed by atoms with Crippen LogP contribution in [0.2, 0.25) is 0 Å². The fraction of sp³-hybridized carbons (Fsp3) is 0.111. The van der Waals surface area contributed by atoms with Crippen LogP contribution in [0.15, 0.2) is 66.7 Å². The van der Waals surface area contributed by atoms with Crippen LogP contribution in [0.1, 0.15) is 18.5 Å². The second kappa shape index (κ2) is 4.87. The van der Waals surface area contributed by atoms with Gasteiger partial charge in [-0.05, 0) is 40.5 Å². The maximum Gasteiger partial charge on any atom is 0.0266 e. The Balaban J connectivity index is 2.03. The van der Waals surface area contributed by atoms with Gasteiger partial charge in [0.2, 0.25) is 0 Å². The summed E-state index contributed by atoms with van der Waals surface area (Å²) in [6.45, 7) is 2.00. The lowest BCUT2D eigenvalue weighted by atomic mass is 9.99. The summed E-state index contributed by atoms with van der Waals surface area (Å²) in [7, 11) is 0. The van der Waals surface area contributed by atoms with E-state index in [0.717, 1.165) is 0 Å². The molecule has 2 N–H and O–H groups in total. The van der Waals surface area contributed by atoms with Gasteiger partial charge in [0.1, 0.15) is 0 Å². The highest BCUT2D eigenvalue weighted by Crippen LogP contribution is 2.25. The second-order valence-electron chi connectivity index (χ2n) is 4.97. The molecule has 0 saturated carbocycles. The summed E-state index contributed by atoms with van der Waals surface area (Å²) in [6, 6.07) is 23.6. The molecule has 0 saturated heterocycles. The Labute approximate surface area is 113 Å². The molecule has 1 atom stereocenters. The highest BCUT2D eigenvalue weighted by Gasteiger charge is 2.02. The fourth-order valence-corrected chi connectivity index (χ4v) is 2.35. The Morgan fingerprint density at radius 1 is 0.737 bits per heavy atom. The lowest BCUT2D eigenvalue weighted by Gasteiger charge is -2.08. The highest BCUT2D eigenvalue weighted by atomic mass is 14.6. The van der Waals surface area contributed by atoms with Crippen LogP contribution < -0.4 is 5.73 Å². The van der Waals surface area contributed by atoms with E-state index in [-0.39, 0.29) is 6.04 Å². The van der Waals surface area contributed by atoms with Crippen molar-refractivity contribution in [2.24, 2.45) is 5.73 Å². The van der Waals surface area contributed by atoms with E-state index < -0.39 is 0 Å². The van der Waals surface area contributed by atoms with Gasteiger partial charge in [-0.25, -0.2) is 0 Å². The van der Waals surface area contributed by atoms with Gasteiger partial charge < -0.3 is 5.73 Å². The summed E-state index contributed by atoms with van der Waals surface area (Å²) in [6.07, 6.45) is 0. The molecule has 94 valence electrons. The number of fused-ring (bicyclic) bond motifs is 1. The third-order valence-electron chi connectivity index (χ3n) is 3.52. The normalized spacial score (nSPS) is 12.5. The third-order valence-corrected chi connectivity index (χ3v) is 3.52. The lowest BCUT2D eigenvalue weighted by molar-refractivity contribution is 0.818. The molecule has 1 nitrogen and oxygen atoms in total. The van der Waals surface area contributed by atoms with Gasteiger partial charge in [-0.1, -0.05) is 60.7 Å². The van der Waals surface area contributed by atoms with Gasteiger partial charge in [0.25, 0.3) is 0 Å². The first-order chi connectivity index (χ1) is 9.24. The minimum absolute atomic E-state index is 0.0886. The molecular formula is C18H17N. The average molecular weight is 247 g/mol. The van der Waals surface area contributed by atoms with Crippen molar-refractivity contribution in [3.8, 4) is 11.1 Å². The maximum atomic E-state index is 5.88. The van der Waals surface area contributed by atoms with Crippen LogP contribution in [-0.2, 0) is 0 Å². The van der Waals surface area contributed by atoms with Crippen molar-refractivity contribution in [2.45, 2.75) is 13.0 Å². The molecule has 0 spiro atoms. The molecule has 0 aliphatic rings. The number of rotatable bonds is 2. The van der Waals surface area contributed by atoms with Gasteiger partial charge >= 0.3 is 0 Å². The minimum atomic E-state index is 0.0886. The van der Waals surface area contributed by atoms with Crippen molar-refractivity contribution in [1.82, 2.24) is 0 Å². The van der Waals surface area contributed by atoms with Crippen LogP contribution in [0.3, 0.4) is 0 Å². The Kier molecular flexibility index (Phi) is 3.06. The molecule has 19 heavy (non-hydrogen) atoms. The predicted octanol–water partition coefficient (Wildman–Crippen LogP) is 4.53. The van der Waals surface area contributed by atoms with Gasteiger partial charge in [0, 0.05) is 6.04 Å². The summed E-state index contributed by atoms with van der Waals surface area (Å²) in [5.74, 6) is 0. The Bertz CT molecular complexity index is 696. The van der Waals surface area contributed by atoms with Crippen molar-refractivity contribution in [3.05, 3.63) is 72.3 Å². The second-order valence-corrected chi connectivity index (χ2v) is 4.97. The standard InChI is InChI=1S/C18H17N/c1-13(19)14-6-8-16(9-7-14)18-11-10-15-4-2-3-5-17(15)12-18/h2-13H,19H2,1H3/t13-/m0/s1. The zero-order valence-corrected chi connectivity index (χ0v) is 11.0. The number of hydrogen-bond donors (Lipinski definition) is 1. The summed E-state index contributed by atoms with van der Waals surface area (Å²) in [5, 5.41) is 2.55. The van der Waals surface area contributed by atoms with Crippen molar-refractivity contribution in [1.29, 1.82) is 0 Å². The molecule has 3 aromatic carbocycles. The first-order valence-electron chi connectivity index (χ1n) is 6.59. The molecule has 0 radical (unpaired) electrons. The first-order valence-corrected chi connectivity index (χ1v) is 6.59. The number of hydrogen-bond acceptors (Lipinski definition) is 1. The molecule has 3 rings (SSSR count). The van der Waals surface area contributed by atoms with Crippen LogP contribution in [0.4, 0.5) is 0 Å². The topological polar surface area (TPSA) is 26.0 Å². The molecule has 0 aliphatic carbocycles. The van der Waals surface area contributed by atoms with Crippen molar-refractivity contribution < 1.29 is 0 Å². The smallest absolute Gasteiger partial charge is 0.0266 e. The van der Waals surface area contributed by atoms with Crippen molar-refractivity contribution in [3.63, 3.8) is 0 Å². The van der Waals surface area contributed by atoms with E-state index in [0.29, 0.717) is 0 Å². The zero-order valence-electron chi connectivity index (χ0n) is 11.0. The molecule has 0 amide bonds. The van der Waals surface area contributed by atoms with Crippen LogP contribution in [0.25, 0.3) is 21.9 Å². The number of benzene rings is 3. The van der Waals surface area contributed by atoms with Crippen molar-refractivity contribution >= 4 is 10.8 Å². The van der Waals surface area contributed by atoms with E-state index in [9.17, 15) is 0 Å². The molecule has 0 fully saturated rings. The summed E-state index contributed by atoms with van der Waals surface area (Å²) >= 11 is 0. The van der Waals surface area contributed by atoms with Gasteiger partial charge in [-0.15, -0.1) is 0 Å². The van der Waals surface area contributed by atoms with Crippen LogP contribution in [0.5, 0.6) is 0 Å². The molecule has 3 aromatic rings. The molecule has 0 aliphatic heterocycles. The van der Waals surface area contributed by atoms with Gasteiger partial charge in [0.15, 0.2) is 0 Å². The fourth-order valence-electron chi connectivity index (χ4n) is 2.35. The van der Waals surface area contributed by atoms with Crippen molar-refractivity contribution in [2.75, 3.05) is 0 Å². The van der Waals surface area contributed by atoms with E-state index in [2.05, 4.69) is 66.7 Å². The monoisotopic (exact) mass is 247 g/mol. The van der Waals surface area contributed by atoms with Crippen LogP contribution in [-0.4, -0.2) is 0 Å². The molecule has 0 aromatic heterocycles. The maximum absolute atomic E-state index is 5.88. The average Bonchev–Trinajstić information content (AvgIpc) is 2.47. The van der Waals surface area contributed by atoms with E-state index in [1.165, 1.54) is 27.5 Å². The largest absolute Gasteiger partial charge is 0.324 e. The molecule has 0 heterocycles. The third kappa shape index (κ3) is 2.38. The number of nitrogens with two attached hydrogens (primary N) is 1. The molecule has 1 heteroatoms. The van der Waals surface area contributed by atoms with Gasteiger partial charge in [-0.2, -0.15) is 0 Å². The Morgan fingerprint density at radius 3 is 2.05 bits per heavy atom.